The molecule has 1 heterocycles. The Labute approximate surface area is 86.1 Å². The summed E-state index contributed by atoms with van der Waals surface area (Å²) in [6.07, 6.45) is 0. The Balaban J connectivity index is 0.000000364. The van der Waals surface area contributed by atoms with E-state index in [9.17, 15) is 0 Å². The van der Waals surface area contributed by atoms with Gasteiger partial charge in [0, 0.05) is 0 Å². The highest BCUT2D eigenvalue weighted by atomic mass is 32.2. The van der Waals surface area contributed by atoms with Gasteiger partial charge in [0.05, 0.1) is 18.2 Å². The van der Waals surface area contributed by atoms with E-state index in [2.05, 4.69) is 4.85 Å². The van der Waals surface area contributed by atoms with E-state index in [1.54, 1.807) is 12.3 Å². The maximum Gasteiger partial charge on any atom is 0.425 e. The molecule has 0 saturated heterocycles. The summed E-state index contributed by atoms with van der Waals surface area (Å²) in [6.45, 7) is 8.49. The van der Waals surface area contributed by atoms with Crippen LogP contribution < -0.4 is 0 Å². The summed E-state index contributed by atoms with van der Waals surface area (Å²) in [5, 5.41) is 10.8. The summed E-state index contributed by atoms with van der Waals surface area (Å²) in [6, 6.07) is 2.02. The van der Waals surface area contributed by atoms with E-state index in [1.807, 2.05) is 6.07 Å². The molecule has 1 aromatic rings. The molecule has 0 bridgehead atoms. The zero-order chi connectivity index (χ0) is 11.1. The van der Waals surface area contributed by atoms with Gasteiger partial charge in [-0.05, 0) is 17.9 Å². The van der Waals surface area contributed by atoms with Crippen LogP contribution in [0.5, 0.6) is 0 Å². The van der Waals surface area contributed by atoms with Gasteiger partial charge in [0.1, 0.15) is 0 Å². The zero-order valence-corrected chi connectivity index (χ0v) is 8.65. The molecule has 0 aromatic carbocycles. The highest BCUT2D eigenvalue weighted by Gasteiger charge is 2.04. The highest BCUT2D eigenvalue weighted by molar-refractivity contribution is 7.59. The zero-order valence-electron chi connectivity index (χ0n) is 7.01. The van der Waals surface area contributed by atoms with Gasteiger partial charge in [0.25, 0.3) is 0 Å². The molecule has 14 heavy (non-hydrogen) atoms. The summed E-state index contributed by atoms with van der Waals surface area (Å²) < 4.78 is 25.3. The van der Waals surface area contributed by atoms with Crippen LogP contribution in [-0.2, 0) is 10.6 Å². The van der Waals surface area contributed by atoms with Crippen LogP contribution >= 0.6 is 11.3 Å². The molecule has 0 saturated carbocycles. The van der Waals surface area contributed by atoms with E-state index in [4.69, 9.17) is 24.5 Å². The van der Waals surface area contributed by atoms with Crippen molar-refractivity contribution < 1.29 is 12.6 Å². The standard InChI is InChI=1S/C7H4N2S.O3S/c1-5-6(3-8)4-10-7(5)9-2;1-4(2)3/h4H,1H3;. The third-order valence-electron chi connectivity index (χ3n) is 1.24. The highest BCUT2D eigenvalue weighted by Crippen LogP contribution is 2.29. The lowest BCUT2D eigenvalue weighted by molar-refractivity contribution is 0.559. The van der Waals surface area contributed by atoms with Crippen molar-refractivity contribution in [1.29, 1.82) is 5.26 Å². The van der Waals surface area contributed by atoms with Crippen LogP contribution in [0.2, 0.25) is 0 Å². The average Bonchev–Trinajstić information content (AvgIpc) is 2.45. The smallest absolute Gasteiger partial charge is 0.226 e. The van der Waals surface area contributed by atoms with Crippen molar-refractivity contribution in [3.05, 3.63) is 27.9 Å². The first-order valence-electron chi connectivity index (χ1n) is 3.15. The van der Waals surface area contributed by atoms with Crippen LogP contribution in [0.4, 0.5) is 5.00 Å². The first-order chi connectivity index (χ1) is 6.52. The molecule has 0 radical (unpaired) electrons. The third kappa shape index (κ3) is 3.81. The SMILES string of the molecule is O=S(=O)=O.[C-]#[N+]c1scc(C#N)c1C. The van der Waals surface area contributed by atoms with Crippen LogP contribution in [-0.4, -0.2) is 12.6 Å². The van der Waals surface area contributed by atoms with Gasteiger partial charge in [0.15, 0.2) is 0 Å². The molecule has 0 aliphatic rings. The van der Waals surface area contributed by atoms with Crippen molar-refractivity contribution in [2.45, 2.75) is 6.92 Å². The molecular weight excluding hydrogens is 224 g/mol. The monoisotopic (exact) mass is 228 g/mol. The summed E-state index contributed by atoms with van der Waals surface area (Å²) >= 11 is 1.32. The Bertz CT molecular complexity index is 463. The van der Waals surface area contributed by atoms with E-state index in [1.165, 1.54) is 11.3 Å². The van der Waals surface area contributed by atoms with E-state index in [-0.39, 0.29) is 0 Å². The van der Waals surface area contributed by atoms with Crippen LogP contribution in [0.3, 0.4) is 0 Å². The molecule has 1 aromatic heterocycles. The fraction of sp³-hybridized carbons (Fsp3) is 0.143. The second-order valence-corrected chi connectivity index (χ2v) is 3.27. The number of nitrogens with zero attached hydrogens (tertiary/aromatic N) is 2. The topological polar surface area (TPSA) is 79.4 Å². The van der Waals surface area contributed by atoms with Gasteiger partial charge in [-0.2, -0.15) is 16.6 Å². The van der Waals surface area contributed by atoms with Crippen LogP contribution in [0, 0.1) is 24.8 Å². The van der Waals surface area contributed by atoms with E-state index in [0.29, 0.717) is 10.6 Å². The lowest BCUT2D eigenvalue weighted by Gasteiger charge is -1.82. The molecule has 0 aliphatic carbocycles. The summed E-state index contributed by atoms with van der Waals surface area (Å²) in [5.74, 6) is 0. The fourth-order valence-electron chi connectivity index (χ4n) is 0.627. The first kappa shape index (κ1) is 12.3. The van der Waals surface area contributed by atoms with Gasteiger partial charge in [-0.3, -0.25) is 0 Å². The molecule has 7 heteroatoms. The largest absolute Gasteiger partial charge is 0.425 e. The van der Waals surface area contributed by atoms with Gasteiger partial charge in [-0.25, -0.2) is 4.85 Å². The van der Waals surface area contributed by atoms with Crippen molar-refractivity contribution in [2.24, 2.45) is 0 Å². The van der Waals surface area contributed by atoms with Crippen LogP contribution in [0.1, 0.15) is 11.1 Å². The van der Waals surface area contributed by atoms with Crippen molar-refractivity contribution in [3.63, 3.8) is 0 Å². The number of hydrogen-bond donors (Lipinski definition) is 0. The second kappa shape index (κ2) is 5.86. The minimum Gasteiger partial charge on any atom is -0.226 e. The molecule has 72 valence electrons. The maximum atomic E-state index is 8.48. The number of rotatable bonds is 0. The van der Waals surface area contributed by atoms with Crippen LogP contribution in [0.25, 0.3) is 4.85 Å². The van der Waals surface area contributed by atoms with E-state index in [0.717, 1.165) is 5.56 Å². The van der Waals surface area contributed by atoms with Gasteiger partial charge in [-0.1, -0.05) is 0 Å². The van der Waals surface area contributed by atoms with Gasteiger partial charge in [-0.15, -0.1) is 12.6 Å². The van der Waals surface area contributed by atoms with E-state index >= 15 is 0 Å². The Hall–Kier alpha value is -1.70. The molecule has 0 N–H and O–H groups in total. The summed E-state index contributed by atoms with van der Waals surface area (Å²) in [7, 11) is -3.11. The van der Waals surface area contributed by atoms with Crippen molar-refractivity contribution in [1.82, 2.24) is 0 Å². The lowest BCUT2D eigenvalue weighted by atomic mass is 10.2. The molecule has 0 spiro atoms. The van der Waals surface area contributed by atoms with Gasteiger partial charge >= 0.3 is 10.6 Å². The van der Waals surface area contributed by atoms with E-state index < -0.39 is 10.6 Å². The number of nitriles is 1. The second-order valence-electron chi connectivity index (χ2n) is 2.01. The van der Waals surface area contributed by atoms with Crippen molar-refractivity contribution in [2.75, 3.05) is 0 Å². The number of thiophene rings is 1. The van der Waals surface area contributed by atoms with Gasteiger partial charge < -0.3 is 0 Å². The summed E-state index contributed by atoms with van der Waals surface area (Å²) in [4.78, 5) is 3.26. The predicted octanol–water partition coefficient (Wildman–Crippen LogP) is 1.47. The quantitative estimate of drug-likeness (QED) is 0.630. The fourth-order valence-corrected chi connectivity index (χ4v) is 1.43. The normalized spacial score (nSPS) is 7.64. The molecule has 0 aliphatic heterocycles. The molecule has 0 unspecified atom stereocenters. The average molecular weight is 228 g/mol. The molecule has 0 fully saturated rings. The predicted molar refractivity (Wildman–Crippen MR) is 49.7 cm³/mol. The Kier molecular flexibility index (Phi) is 5.15. The van der Waals surface area contributed by atoms with Crippen molar-refractivity contribution in [3.8, 4) is 6.07 Å². The minimum absolute atomic E-state index is 0.621. The van der Waals surface area contributed by atoms with Crippen LogP contribution in [0.15, 0.2) is 5.38 Å². The minimum atomic E-state index is -3.11. The maximum absolute atomic E-state index is 8.48. The molecular formula is C7H4N2O3S2. The van der Waals surface area contributed by atoms with Crippen molar-refractivity contribution >= 4 is 26.9 Å². The Morgan fingerprint density at radius 3 is 2.29 bits per heavy atom. The molecule has 0 amide bonds. The molecule has 5 nitrogen and oxygen atoms in total. The Morgan fingerprint density at radius 2 is 2.07 bits per heavy atom. The Morgan fingerprint density at radius 1 is 1.57 bits per heavy atom. The summed E-state index contributed by atoms with van der Waals surface area (Å²) in [5.41, 5.74) is 1.43. The molecule has 1 rings (SSSR count). The lowest BCUT2D eigenvalue weighted by Crippen LogP contribution is -1.69. The third-order valence-corrected chi connectivity index (χ3v) is 2.21. The molecule has 0 atom stereocenters. The number of hydrogen-bond acceptors (Lipinski definition) is 5. The first-order valence-corrected chi connectivity index (χ1v) is 5.03. The van der Waals surface area contributed by atoms with Gasteiger partial charge in [0.2, 0.25) is 5.00 Å².